The number of H-pyrrole nitrogens is 1. The first-order valence-electron chi connectivity index (χ1n) is 39.2. The highest BCUT2D eigenvalue weighted by atomic mass is 16.4. The number of aromatic nitrogens is 1. The van der Waals surface area contributed by atoms with Crippen LogP contribution in [0.1, 0.15) is 155 Å². The van der Waals surface area contributed by atoms with Crippen molar-refractivity contribution in [1.82, 2.24) is 68.4 Å². The zero-order valence-corrected chi connectivity index (χ0v) is 67.8. The molecule has 1 aliphatic heterocycles. The molecule has 0 radical (unpaired) electrons. The maximum Gasteiger partial charge on any atom is 0.326 e. The molecule has 3 aromatic rings. The predicted octanol–water partition coefficient (Wildman–Crippen LogP) is -5.74. The van der Waals surface area contributed by atoms with Crippen LogP contribution < -0.4 is 98.6 Å². The largest absolute Gasteiger partial charge is 0.508 e. The molecule has 4 rings (SSSR count). The summed E-state index contributed by atoms with van der Waals surface area (Å²) >= 11 is 0. The Morgan fingerprint density at radius 1 is 0.475 bits per heavy atom. The van der Waals surface area contributed by atoms with Crippen molar-refractivity contribution in [2.24, 2.45) is 62.0 Å². The third-order valence-electron chi connectivity index (χ3n) is 19.1. The SMILES string of the molecule is CC(C)C[C@H](NC(=O)[C@H](CCCN=C(N)N)NC(=O)[C@H](CCC(N)=O)NC(=O)[C@H](C)NC(=O)[C@H](CCC(=O)O)NC(=O)[C@@H](NC(=O)[C@H](Cc1c[nH]c2ccccc12)NC(=O)[C@H](CCC(=O)O)NC(=O)[C@@H]1CCCN1C(=O)[C@H](Cc1ccc(O)cc1)NC(=O)[C@H](CC(C)C)NC(=O)[C@H](CCC(N)=O)NC(=O)[C@@H](N)CCCN=C(N)N)[C@@H](C)O)C(=O)O. The molecule has 0 bridgehead atoms. The van der Waals surface area contributed by atoms with E-state index in [0.717, 1.165) is 18.7 Å². The number of aliphatic hydroxyl groups excluding tert-OH is 1. The first-order valence-corrected chi connectivity index (χ1v) is 39.2. The molecular formula is C76H116N22O22. The van der Waals surface area contributed by atoms with Crippen LogP contribution in [0.2, 0.25) is 0 Å². The average molecular weight is 1690 g/mol. The van der Waals surface area contributed by atoms with Crippen LogP contribution in [0.5, 0.6) is 5.75 Å². The van der Waals surface area contributed by atoms with Crippen molar-refractivity contribution < 1.29 is 107 Å². The lowest BCUT2D eigenvalue weighted by Crippen LogP contribution is -2.62. The van der Waals surface area contributed by atoms with Gasteiger partial charge in [-0.15, -0.1) is 0 Å². The van der Waals surface area contributed by atoms with E-state index < -0.39 is 230 Å². The first kappa shape index (κ1) is 99.6. The second-order valence-corrected chi connectivity index (χ2v) is 30.1. The topological polar surface area (TPSA) is 750 Å². The fourth-order valence-electron chi connectivity index (χ4n) is 12.8. The molecular weight excluding hydrogens is 1570 g/mol. The number of likely N-dealkylation sites (tertiary alicyclic amines) is 1. The molecule has 0 saturated carbocycles. The molecule has 14 atom stereocenters. The van der Waals surface area contributed by atoms with Crippen molar-refractivity contribution >= 4 is 123 Å². The minimum Gasteiger partial charge on any atom is -0.508 e. The van der Waals surface area contributed by atoms with Gasteiger partial charge in [0.2, 0.25) is 82.7 Å². The number of nitrogens with two attached hydrogens (primary N) is 7. The van der Waals surface area contributed by atoms with Crippen LogP contribution in [0.4, 0.5) is 0 Å². The van der Waals surface area contributed by atoms with E-state index in [4.69, 9.17) is 40.1 Å². The number of aromatic hydroxyl groups is 1. The van der Waals surface area contributed by atoms with Crippen molar-refractivity contribution in [1.29, 1.82) is 0 Å². The molecule has 31 N–H and O–H groups in total. The van der Waals surface area contributed by atoms with Crippen LogP contribution in [-0.4, -0.2) is 252 Å². The van der Waals surface area contributed by atoms with Crippen LogP contribution in [0.25, 0.3) is 10.9 Å². The summed E-state index contributed by atoms with van der Waals surface area (Å²) < 4.78 is 0. The number of guanidine groups is 2. The van der Waals surface area contributed by atoms with Gasteiger partial charge in [0.15, 0.2) is 11.9 Å². The molecule has 14 amide bonds. The fraction of sp³-hybridized carbons (Fsp3) is 0.566. The lowest BCUT2D eigenvalue weighted by molar-refractivity contribution is -0.143. The number of benzene rings is 2. The van der Waals surface area contributed by atoms with E-state index in [1.165, 1.54) is 30.5 Å². The second-order valence-electron chi connectivity index (χ2n) is 30.1. The Morgan fingerprint density at radius 2 is 0.908 bits per heavy atom. The van der Waals surface area contributed by atoms with Crippen molar-refractivity contribution in [3.8, 4) is 5.75 Å². The van der Waals surface area contributed by atoms with Gasteiger partial charge in [-0.3, -0.25) is 86.7 Å². The van der Waals surface area contributed by atoms with Crippen LogP contribution in [0, 0.1) is 11.8 Å². The summed E-state index contributed by atoms with van der Waals surface area (Å²) in [6.45, 7) is 9.01. The minimum atomic E-state index is -2.07. The van der Waals surface area contributed by atoms with Crippen molar-refractivity contribution in [2.75, 3.05) is 19.6 Å². The number of aromatic amines is 1. The van der Waals surface area contributed by atoms with Crippen molar-refractivity contribution in [3.05, 3.63) is 65.9 Å². The first-order chi connectivity index (χ1) is 56.4. The summed E-state index contributed by atoms with van der Waals surface area (Å²) in [6.07, 6.45) is -5.53. The van der Waals surface area contributed by atoms with Gasteiger partial charge in [0.25, 0.3) is 0 Å². The van der Waals surface area contributed by atoms with Crippen LogP contribution in [-0.2, 0) is 94.3 Å². The molecule has 1 fully saturated rings. The molecule has 1 saturated heterocycles. The smallest absolute Gasteiger partial charge is 0.326 e. The van der Waals surface area contributed by atoms with Crippen LogP contribution >= 0.6 is 0 Å². The number of aliphatic carboxylic acids is 3. The van der Waals surface area contributed by atoms with E-state index in [9.17, 15) is 102 Å². The number of phenols is 1. The quantitative estimate of drug-likeness (QED) is 0.0142. The number of nitrogens with one attached hydrogen (secondary N) is 12. The number of carboxylic acid groups (broad SMARTS) is 3. The molecule has 0 unspecified atom stereocenters. The molecule has 44 nitrogen and oxygen atoms in total. The molecule has 2 heterocycles. The summed E-state index contributed by atoms with van der Waals surface area (Å²) in [5.74, 6) is -19.8. The lowest BCUT2D eigenvalue weighted by atomic mass is 9.99. The summed E-state index contributed by atoms with van der Waals surface area (Å²) in [5, 5.41) is 78.5. The van der Waals surface area contributed by atoms with E-state index in [2.05, 4.69) is 73.5 Å². The minimum absolute atomic E-state index is 0.00525. The van der Waals surface area contributed by atoms with E-state index in [1.54, 1.807) is 52.0 Å². The fourth-order valence-corrected chi connectivity index (χ4v) is 12.8. The number of hydrogen-bond donors (Lipinski definition) is 24. The summed E-state index contributed by atoms with van der Waals surface area (Å²) in [4.78, 5) is 244. The summed E-state index contributed by atoms with van der Waals surface area (Å²) in [6, 6.07) is -8.62. The Hall–Kier alpha value is -12.8. The van der Waals surface area contributed by atoms with Gasteiger partial charge in [-0.25, -0.2) is 4.79 Å². The number of carbonyl (C=O) groups is 17. The van der Waals surface area contributed by atoms with Crippen molar-refractivity contribution in [2.45, 2.75) is 242 Å². The third-order valence-corrected chi connectivity index (χ3v) is 19.1. The number of aliphatic imine (C=N–C) groups is 2. The normalized spacial score (nSPS) is 15.7. The van der Waals surface area contributed by atoms with Gasteiger partial charge >= 0.3 is 17.9 Å². The number of nitrogens with zero attached hydrogens (tertiary/aromatic N) is 3. The van der Waals surface area contributed by atoms with Gasteiger partial charge < -0.3 is 134 Å². The maximum atomic E-state index is 15.1. The number of phenolic OH excluding ortho intramolecular Hbond substituents is 1. The predicted molar refractivity (Wildman–Crippen MR) is 432 cm³/mol. The Bertz CT molecular complexity index is 4150. The van der Waals surface area contributed by atoms with E-state index in [0.29, 0.717) is 22.0 Å². The summed E-state index contributed by atoms with van der Waals surface area (Å²) in [7, 11) is 0. The third kappa shape index (κ3) is 34.8. The van der Waals surface area contributed by atoms with Crippen molar-refractivity contribution in [3.63, 3.8) is 0 Å². The Morgan fingerprint density at radius 3 is 1.43 bits per heavy atom. The molecule has 44 heteroatoms. The zero-order valence-electron chi connectivity index (χ0n) is 67.8. The number of aliphatic hydroxyl groups is 1. The maximum absolute atomic E-state index is 15.1. The van der Waals surface area contributed by atoms with Gasteiger partial charge in [0.05, 0.1) is 12.1 Å². The average Bonchev–Trinajstić information content (AvgIpc) is 1.64. The van der Waals surface area contributed by atoms with Gasteiger partial charge in [0.1, 0.15) is 78.3 Å². The number of primary amides is 2. The van der Waals surface area contributed by atoms with E-state index >= 15 is 4.79 Å². The lowest BCUT2D eigenvalue weighted by Gasteiger charge is -2.31. The Kier molecular flexibility index (Phi) is 41.0. The monoisotopic (exact) mass is 1690 g/mol. The van der Waals surface area contributed by atoms with Crippen LogP contribution in [0.3, 0.4) is 0 Å². The molecule has 1 aromatic heterocycles. The highest BCUT2D eigenvalue weighted by molar-refractivity contribution is 6.01. The highest BCUT2D eigenvalue weighted by Gasteiger charge is 2.42. The zero-order chi connectivity index (χ0) is 89.8. The molecule has 0 aliphatic carbocycles. The van der Waals surface area contributed by atoms with Crippen LogP contribution in [0.15, 0.2) is 64.7 Å². The molecule has 0 spiro atoms. The van der Waals surface area contributed by atoms with Gasteiger partial charge in [-0.05, 0) is 132 Å². The number of fused-ring (bicyclic) bond motifs is 1. The Labute approximate surface area is 691 Å². The standard InChI is InChI=1S/C76H116N22O22/c1-37(2)32-52(93-67(112)49(22-26-58(79)102)89-63(108)45(77)13-9-29-84-75(80)81)69(114)95-54(34-41-17-19-43(100)20-18-41)73(118)98-31-11-16-56(98)71(116)91-51(24-28-60(105)106)68(113)94-53(35-42-36-86-46-14-8-7-12-44(42)46)70(115)97-61(40(6)99)72(117)92-50(23-27-59(103)104)64(109)87-39(5)62(107)88-48(21-25-57(78)101)66(111)90-47(15-10-30-85-76(82)83)65(110)96-55(74(119)120)33-38(3)4/h7-8,12,14,17-20,36-40,45,47-56,61,86,99-100H,9-11,13,15-16,21-35,77H2,1-6H3,(H2,78,101)(H2,79,102)(H,87,109)(H,88,107)(H,89,108)(H,90,111)(H,91,116)(H,92,117)(H,93,112)(H,94,113)(H,95,114)(H,96,110)(H,97,115)(H,103,104)(H,105,106)(H,119,120)(H4,80,81,84)(H4,82,83,85)/t39-,40+,45-,47-,48-,49-,50-,51-,52-,53-,54-,55-,56-,61-/m0/s1. The van der Waals surface area contributed by atoms with Gasteiger partial charge in [0, 0.05) is 75.3 Å². The number of carboxylic acids is 3. The van der Waals surface area contributed by atoms with E-state index in [1.807, 2.05) is 0 Å². The highest BCUT2D eigenvalue weighted by Crippen LogP contribution is 2.24. The molecule has 2 aromatic carbocycles. The Balaban J connectivity index is 1.65. The van der Waals surface area contributed by atoms with Gasteiger partial charge in [-0.2, -0.15) is 0 Å². The number of amides is 14. The number of hydrogen-bond acceptors (Lipinski definition) is 22. The second kappa shape index (κ2) is 49.5. The molecule has 1 aliphatic rings. The van der Waals surface area contributed by atoms with Gasteiger partial charge in [-0.1, -0.05) is 58.0 Å². The molecule has 662 valence electrons. The van der Waals surface area contributed by atoms with E-state index in [-0.39, 0.29) is 120 Å². The number of para-hydroxylation sites is 1. The number of carbonyl (C=O) groups excluding carboxylic acids is 14. The summed E-state index contributed by atoms with van der Waals surface area (Å²) in [5.41, 5.74) is 39.9. The number of rotatable bonds is 53. The molecule has 120 heavy (non-hydrogen) atoms.